The summed E-state index contributed by atoms with van der Waals surface area (Å²) < 4.78 is 19.2. The van der Waals surface area contributed by atoms with Gasteiger partial charge in [0.1, 0.15) is 29.0 Å². The fourth-order valence-corrected chi connectivity index (χ4v) is 4.66. The maximum atomic E-state index is 13.2. The summed E-state index contributed by atoms with van der Waals surface area (Å²) in [4.78, 5) is 33.8. The minimum Gasteiger partial charge on any atom is -0.456 e. The number of halogens is 2. The van der Waals surface area contributed by atoms with Gasteiger partial charge in [-0.2, -0.15) is 0 Å². The molecule has 1 saturated heterocycles. The zero-order chi connectivity index (χ0) is 28.6. The van der Waals surface area contributed by atoms with Gasteiger partial charge in [-0.05, 0) is 92.5 Å². The molecule has 1 fully saturated rings. The van der Waals surface area contributed by atoms with Gasteiger partial charge in [-0.3, -0.25) is 9.59 Å². The molecular weight excluding hydrogens is 547 g/mol. The van der Waals surface area contributed by atoms with Crippen LogP contribution in [0.25, 0.3) is 0 Å². The van der Waals surface area contributed by atoms with Crippen molar-refractivity contribution < 1.29 is 18.7 Å². The van der Waals surface area contributed by atoms with Gasteiger partial charge < -0.3 is 26.0 Å². The molecule has 2 aromatic heterocycles. The number of benzene rings is 2. The third-order valence-corrected chi connectivity index (χ3v) is 6.74. The summed E-state index contributed by atoms with van der Waals surface area (Å²) in [6.07, 6.45) is 5.65. The Bertz CT molecular complexity index is 1530. The zero-order valence-corrected chi connectivity index (χ0v) is 22.7. The van der Waals surface area contributed by atoms with Crippen LogP contribution in [0.1, 0.15) is 29.6 Å². The van der Waals surface area contributed by atoms with Crippen LogP contribution in [0.2, 0.25) is 5.02 Å². The van der Waals surface area contributed by atoms with E-state index in [1.54, 1.807) is 54.9 Å². The number of rotatable bonds is 9. The topological polar surface area (TPSA) is 117 Å². The van der Waals surface area contributed by atoms with E-state index in [1.165, 1.54) is 24.3 Å². The minimum atomic E-state index is -0.408. The number of anilines is 4. The van der Waals surface area contributed by atoms with Crippen molar-refractivity contribution in [1.82, 2.24) is 15.3 Å². The van der Waals surface area contributed by atoms with Crippen LogP contribution in [0.15, 0.2) is 79.1 Å². The molecule has 2 aromatic carbocycles. The van der Waals surface area contributed by atoms with E-state index in [0.717, 1.165) is 25.9 Å². The molecule has 0 saturated carbocycles. The summed E-state index contributed by atoms with van der Waals surface area (Å²) in [6.45, 7) is 1.84. The zero-order valence-electron chi connectivity index (χ0n) is 22.0. The van der Waals surface area contributed by atoms with Gasteiger partial charge in [0.15, 0.2) is 0 Å². The molecule has 0 spiro atoms. The summed E-state index contributed by atoms with van der Waals surface area (Å²) in [6, 6.07) is 17.1. The molecule has 9 nitrogen and oxygen atoms in total. The first-order valence-electron chi connectivity index (χ1n) is 13.2. The SMILES string of the molecule is O=C(C[C@@H]1CCCNC1)Nc1cc(Oc2ccc(Nc3ncccc3C(=O)Nc3ccc(F)cc3)cc2Cl)ccn1. The Hall–Kier alpha value is -4.54. The van der Waals surface area contributed by atoms with E-state index in [9.17, 15) is 14.0 Å². The molecule has 0 bridgehead atoms. The highest BCUT2D eigenvalue weighted by Crippen LogP contribution is 2.33. The predicted octanol–water partition coefficient (Wildman–Crippen LogP) is 6.39. The first kappa shape index (κ1) is 28.0. The third kappa shape index (κ3) is 7.77. The van der Waals surface area contributed by atoms with Gasteiger partial charge in [-0.15, -0.1) is 0 Å². The van der Waals surface area contributed by atoms with E-state index >= 15 is 0 Å². The highest BCUT2D eigenvalue weighted by Gasteiger charge is 2.18. The summed E-state index contributed by atoms with van der Waals surface area (Å²) in [5.74, 6) is 0.996. The Kier molecular flexibility index (Phi) is 9.02. The first-order valence-corrected chi connectivity index (χ1v) is 13.5. The van der Waals surface area contributed by atoms with E-state index < -0.39 is 11.7 Å². The van der Waals surface area contributed by atoms with Gasteiger partial charge in [0.05, 0.1) is 10.6 Å². The van der Waals surface area contributed by atoms with Crippen LogP contribution in [0.3, 0.4) is 0 Å². The summed E-state index contributed by atoms with van der Waals surface area (Å²) in [5, 5.41) is 12.3. The van der Waals surface area contributed by atoms with E-state index in [-0.39, 0.29) is 5.91 Å². The summed E-state index contributed by atoms with van der Waals surface area (Å²) >= 11 is 6.51. The maximum absolute atomic E-state index is 13.2. The van der Waals surface area contributed by atoms with Crippen molar-refractivity contribution in [3.8, 4) is 11.5 Å². The second-order valence-corrected chi connectivity index (χ2v) is 9.98. The quantitative estimate of drug-likeness (QED) is 0.183. The second-order valence-electron chi connectivity index (χ2n) is 9.57. The Morgan fingerprint density at radius 2 is 1.83 bits per heavy atom. The van der Waals surface area contributed by atoms with Gasteiger partial charge in [-0.1, -0.05) is 11.6 Å². The average molecular weight is 575 g/mol. The molecule has 1 atom stereocenters. The predicted molar refractivity (Wildman–Crippen MR) is 156 cm³/mol. The molecule has 0 aliphatic carbocycles. The molecule has 2 amide bonds. The smallest absolute Gasteiger partial charge is 0.259 e. The molecule has 4 N–H and O–H groups in total. The van der Waals surface area contributed by atoms with Crippen molar-refractivity contribution in [3.63, 3.8) is 0 Å². The largest absolute Gasteiger partial charge is 0.456 e. The molecular formula is C30H28ClFN6O3. The monoisotopic (exact) mass is 574 g/mol. The number of ether oxygens (including phenoxy) is 1. The lowest BCUT2D eigenvalue weighted by molar-refractivity contribution is -0.117. The van der Waals surface area contributed by atoms with Crippen molar-refractivity contribution >= 4 is 46.4 Å². The van der Waals surface area contributed by atoms with Crippen molar-refractivity contribution in [2.75, 3.05) is 29.0 Å². The Balaban J connectivity index is 1.22. The number of nitrogens with one attached hydrogen (secondary N) is 4. The molecule has 4 aromatic rings. The number of carbonyl (C=O) groups is 2. The molecule has 3 heterocycles. The summed E-state index contributed by atoms with van der Waals surface area (Å²) in [5.41, 5.74) is 1.33. The van der Waals surface area contributed by atoms with Gasteiger partial charge in [0.2, 0.25) is 5.91 Å². The average Bonchev–Trinajstić information content (AvgIpc) is 2.97. The lowest BCUT2D eigenvalue weighted by atomic mass is 9.96. The van der Waals surface area contributed by atoms with Crippen LogP contribution in [-0.2, 0) is 4.79 Å². The molecule has 41 heavy (non-hydrogen) atoms. The number of amides is 2. The van der Waals surface area contributed by atoms with Crippen LogP contribution < -0.4 is 26.0 Å². The van der Waals surface area contributed by atoms with Crippen molar-refractivity contribution in [3.05, 3.63) is 95.5 Å². The van der Waals surface area contributed by atoms with E-state index in [1.807, 2.05) is 0 Å². The van der Waals surface area contributed by atoms with Crippen molar-refractivity contribution in [2.24, 2.45) is 5.92 Å². The van der Waals surface area contributed by atoms with Crippen LogP contribution in [-0.4, -0.2) is 34.9 Å². The van der Waals surface area contributed by atoms with Crippen molar-refractivity contribution in [1.29, 1.82) is 0 Å². The lowest BCUT2D eigenvalue weighted by Gasteiger charge is -2.21. The highest BCUT2D eigenvalue weighted by molar-refractivity contribution is 6.32. The van der Waals surface area contributed by atoms with Gasteiger partial charge in [0, 0.05) is 36.3 Å². The van der Waals surface area contributed by atoms with Gasteiger partial charge >= 0.3 is 0 Å². The number of aromatic nitrogens is 2. The van der Waals surface area contributed by atoms with Crippen molar-refractivity contribution in [2.45, 2.75) is 19.3 Å². The van der Waals surface area contributed by atoms with Crippen LogP contribution in [0, 0.1) is 11.7 Å². The highest BCUT2D eigenvalue weighted by atomic mass is 35.5. The van der Waals surface area contributed by atoms with E-state index in [4.69, 9.17) is 16.3 Å². The molecule has 1 aliphatic heterocycles. The Morgan fingerprint density at radius 3 is 2.61 bits per heavy atom. The molecule has 0 radical (unpaired) electrons. The Labute approximate surface area is 241 Å². The summed E-state index contributed by atoms with van der Waals surface area (Å²) in [7, 11) is 0. The lowest BCUT2D eigenvalue weighted by Crippen LogP contribution is -2.32. The number of nitrogens with zero attached hydrogens (tertiary/aromatic N) is 2. The normalized spacial score (nSPS) is 14.6. The fourth-order valence-electron chi connectivity index (χ4n) is 4.44. The second kappa shape index (κ2) is 13.2. The standard InChI is InChI=1S/C30H28ClFN6O3/c31-25-16-22(36-29-24(4-2-13-35-29)30(40)37-21-7-5-20(32)6-8-21)9-10-26(25)41-23-11-14-34-27(17-23)38-28(39)15-19-3-1-12-33-18-19/h2,4-11,13-14,16-17,19,33H,1,3,12,15,18H2,(H,35,36)(H,37,40)(H,34,38,39)/t19-/m0/s1. The van der Waals surface area contributed by atoms with Crippen LogP contribution >= 0.6 is 11.6 Å². The number of carbonyl (C=O) groups excluding carboxylic acids is 2. The maximum Gasteiger partial charge on any atom is 0.259 e. The van der Waals surface area contributed by atoms with Gasteiger partial charge in [0.25, 0.3) is 5.91 Å². The minimum absolute atomic E-state index is 0.0861. The van der Waals surface area contributed by atoms with Crippen LogP contribution in [0.4, 0.5) is 27.4 Å². The molecule has 5 rings (SSSR count). The number of hydrogen-bond donors (Lipinski definition) is 4. The van der Waals surface area contributed by atoms with E-state index in [2.05, 4.69) is 31.2 Å². The molecule has 1 aliphatic rings. The third-order valence-electron chi connectivity index (χ3n) is 6.45. The molecule has 0 unspecified atom stereocenters. The number of pyridine rings is 2. The fraction of sp³-hybridized carbons (Fsp3) is 0.200. The van der Waals surface area contributed by atoms with Crippen LogP contribution in [0.5, 0.6) is 11.5 Å². The van der Waals surface area contributed by atoms with E-state index in [0.29, 0.717) is 57.4 Å². The molecule has 210 valence electrons. The first-order chi connectivity index (χ1) is 19.9. The number of hydrogen-bond acceptors (Lipinski definition) is 7. The Morgan fingerprint density at radius 1 is 1.00 bits per heavy atom. The number of piperidine rings is 1. The molecule has 11 heteroatoms. The van der Waals surface area contributed by atoms with Gasteiger partial charge in [-0.25, -0.2) is 14.4 Å².